The van der Waals surface area contributed by atoms with Crippen LogP contribution in [-0.2, 0) is 0 Å². The van der Waals surface area contributed by atoms with E-state index in [9.17, 15) is 4.79 Å². The average molecular weight is 254 g/mol. The molecule has 0 radical (unpaired) electrons. The van der Waals surface area contributed by atoms with Crippen LogP contribution in [0.15, 0.2) is 36.4 Å². The molecule has 2 aromatic rings. The largest absolute Gasteiger partial charge is 0.398 e. The maximum atomic E-state index is 12.3. The van der Waals surface area contributed by atoms with Crippen LogP contribution in [-0.4, -0.2) is 5.91 Å². The topological polar surface area (TPSA) is 55.1 Å². The Balaban J connectivity index is 2.34. The Bertz CT molecular complexity index is 612. The van der Waals surface area contributed by atoms with Gasteiger partial charge in [-0.1, -0.05) is 24.3 Å². The van der Waals surface area contributed by atoms with Crippen molar-refractivity contribution in [2.24, 2.45) is 0 Å². The summed E-state index contributed by atoms with van der Waals surface area (Å²) in [7, 11) is 0. The quantitative estimate of drug-likeness (QED) is 0.806. The Hall–Kier alpha value is -2.29. The van der Waals surface area contributed by atoms with Crippen molar-refractivity contribution in [3.63, 3.8) is 0 Å². The second kappa shape index (κ2) is 5.14. The molecule has 98 valence electrons. The fourth-order valence-electron chi connectivity index (χ4n) is 2.06. The summed E-state index contributed by atoms with van der Waals surface area (Å²) < 4.78 is 0. The molecule has 3 N–H and O–H groups in total. The predicted molar refractivity (Wildman–Crippen MR) is 79.5 cm³/mol. The first kappa shape index (κ1) is 13.1. The number of nitrogens with one attached hydrogen (secondary N) is 1. The number of carbonyl (C=O) groups excluding carboxylic acids is 1. The summed E-state index contributed by atoms with van der Waals surface area (Å²) in [5.74, 6) is -0.163. The molecule has 0 aliphatic carbocycles. The first-order valence-corrected chi connectivity index (χ1v) is 6.22. The zero-order valence-electron chi connectivity index (χ0n) is 11.4. The van der Waals surface area contributed by atoms with E-state index in [1.54, 1.807) is 6.07 Å². The number of rotatable bonds is 2. The number of hydrogen-bond donors (Lipinski definition) is 2. The summed E-state index contributed by atoms with van der Waals surface area (Å²) in [4.78, 5) is 12.3. The van der Waals surface area contributed by atoms with Gasteiger partial charge in [0.2, 0.25) is 0 Å². The maximum absolute atomic E-state index is 12.3. The van der Waals surface area contributed by atoms with Crippen LogP contribution >= 0.6 is 0 Å². The van der Waals surface area contributed by atoms with E-state index in [0.29, 0.717) is 11.3 Å². The van der Waals surface area contributed by atoms with Crippen LogP contribution in [0, 0.1) is 20.8 Å². The molecule has 0 aliphatic heterocycles. The van der Waals surface area contributed by atoms with Gasteiger partial charge >= 0.3 is 0 Å². The first-order valence-electron chi connectivity index (χ1n) is 6.22. The standard InChI is InChI=1S/C16H18N2O/c1-10-7-8-11(2)14(9-10)18-16(19)15-12(3)5-4-6-13(15)17/h4-9H,17H2,1-3H3,(H,18,19). The normalized spacial score (nSPS) is 10.3. The van der Waals surface area contributed by atoms with E-state index in [2.05, 4.69) is 5.32 Å². The monoisotopic (exact) mass is 254 g/mol. The lowest BCUT2D eigenvalue weighted by Gasteiger charge is -2.12. The number of nitrogen functional groups attached to an aromatic ring is 1. The molecule has 0 fully saturated rings. The zero-order valence-corrected chi connectivity index (χ0v) is 11.4. The molecule has 0 saturated heterocycles. The van der Waals surface area contributed by atoms with Crippen molar-refractivity contribution < 1.29 is 4.79 Å². The number of nitrogens with two attached hydrogens (primary N) is 1. The highest BCUT2D eigenvalue weighted by Crippen LogP contribution is 2.21. The molecule has 0 spiro atoms. The molecule has 0 unspecified atom stereocenters. The van der Waals surface area contributed by atoms with Gasteiger partial charge < -0.3 is 11.1 Å². The third kappa shape index (κ3) is 2.76. The summed E-state index contributed by atoms with van der Waals surface area (Å²) in [6.45, 7) is 5.85. The summed E-state index contributed by atoms with van der Waals surface area (Å²) in [6, 6.07) is 11.4. The molecule has 2 aromatic carbocycles. The number of benzene rings is 2. The summed E-state index contributed by atoms with van der Waals surface area (Å²) >= 11 is 0. The van der Waals surface area contributed by atoms with Crippen molar-refractivity contribution in [1.82, 2.24) is 0 Å². The average Bonchev–Trinajstić information content (AvgIpc) is 2.33. The molecule has 3 nitrogen and oxygen atoms in total. The van der Waals surface area contributed by atoms with E-state index >= 15 is 0 Å². The molecule has 0 aliphatic rings. The van der Waals surface area contributed by atoms with E-state index in [1.807, 2.05) is 51.1 Å². The number of hydrogen-bond acceptors (Lipinski definition) is 2. The molecule has 0 aromatic heterocycles. The van der Waals surface area contributed by atoms with Gasteiger partial charge in [-0.15, -0.1) is 0 Å². The van der Waals surface area contributed by atoms with E-state index < -0.39 is 0 Å². The van der Waals surface area contributed by atoms with Crippen LogP contribution in [0.1, 0.15) is 27.0 Å². The second-order valence-corrected chi connectivity index (χ2v) is 4.81. The minimum absolute atomic E-state index is 0.163. The molecular formula is C16H18N2O. The Kier molecular flexibility index (Phi) is 3.56. The Morgan fingerprint density at radius 1 is 1.05 bits per heavy atom. The molecule has 0 saturated carbocycles. The van der Waals surface area contributed by atoms with Crippen LogP contribution in [0.5, 0.6) is 0 Å². The molecule has 0 bridgehead atoms. The maximum Gasteiger partial charge on any atom is 0.258 e. The van der Waals surface area contributed by atoms with Gasteiger partial charge in [0.05, 0.1) is 5.56 Å². The number of amides is 1. The molecule has 1 amide bonds. The first-order chi connectivity index (χ1) is 8.99. The minimum Gasteiger partial charge on any atom is -0.398 e. The Labute approximate surface area is 113 Å². The fraction of sp³-hybridized carbons (Fsp3) is 0.188. The SMILES string of the molecule is Cc1ccc(C)c(NC(=O)c2c(C)cccc2N)c1. The zero-order chi connectivity index (χ0) is 14.0. The third-order valence-electron chi connectivity index (χ3n) is 3.17. The highest BCUT2D eigenvalue weighted by atomic mass is 16.1. The minimum atomic E-state index is -0.163. The van der Waals surface area contributed by atoms with Gasteiger partial charge in [0.25, 0.3) is 5.91 Å². The van der Waals surface area contributed by atoms with Gasteiger partial charge in [-0.3, -0.25) is 4.79 Å². The van der Waals surface area contributed by atoms with E-state index in [4.69, 9.17) is 5.73 Å². The summed E-state index contributed by atoms with van der Waals surface area (Å²) in [5, 5.41) is 2.93. The van der Waals surface area contributed by atoms with Crippen molar-refractivity contribution >= 4 is 17.3 Å². The molecule has 3 heteroatoms. The van der Waals surface area contributed by atoms with Crippen molar-refractivity contribution in [2.75, 3.05) is 11.1 Å². The molecule has 19 heavy (non-hydrogen) atoms. The van der Waals surface area contributed by atoms with Crippen molar-refractivity contribution in [1.29, 1.82) is 0 Å². The Morgan fingerprint density at radius 2 is 1.79 bits per heavy atom. The van der Waals surface area contributed by atoms with Crippen molar-refractivity contribution in [2.45, 2.75) is 20.8 Å². The lowest BCUT2D eigenvalue weighted by molar-refractivity contribution is 0.102. The van der Waals surface area contributed by atoms with E-state index in [0.717, 1.165) is 22.4 Å². The van der Waals surface area contributed by atoms with Gasteiger partial charge in [-0.25, -0.2) is 0 Å². The highest BCUT2D eigenvalue weighted by Gasteiger charge is 2.13. The lowest BCUT2D eigenvalue weighted by atomic mass is 10.1. The summed E-state index contributed by atoms with van der Waals surface area (Å²) in [5.41, 5.74) is 10.8. The van der Waals surface area contributed by atoms with Crippen molar-refractivity contribution in [3.05, 3.63) is 58.7 Å². The second-order valence-electron chi connectivity index (χ2n) is 4.81. The van der Waals surface area contributed by atoms with Crippen LogP contribution in [0.3, 0.4) is 0 Å². The fourth-order valence-corrected chi connectivity index (χ4v) is 2.06. The lowest BCUT2D eigenvalue weighted by Crippen LogP contribution is -2.16. The molecule has 0 heterocycles. The highest BCUT2D eigenvalue weighted by molar-refractivity contribution is 6.09. The van der Waals surface area contributed by atoms with Crippen LogP contribution < -0.4 is 11.1 Å². The number of carbonyl (C=O) groups is 1. The van der Waals surface area contributed by atoms with Crippen LogP contribution in [0.4, 0.5) is 11.4 Å². The van der Waals surface area contributed by atoms with Gasteiger partial charge in [0, 0.05) is 11.4 Å². The molecular weight excluding hydrogens is 236 g/mol. The Morgan fingerprint density at radius 3 is 2.47 bits per heavy atom. The van der Waals surface area contributed by atoms with Gasteiger partial charge in [0.15, 0.2) is 0 Å². The van der Waals surface area contributed by atoms with Crippen LogP contribution in [0.25, 0.3) is 0 Å². The van der Waals surface area contributed by atoms with E-state index in [1.165, 1.54) is 0 Å². The molecule has 0 atom stereocenters. The molecule has 2 rings (SSSR count). The van der Waals surface area contributed by atoms with Crippen LogP contribution in [0.2, 0.25) is 0 Å². The smallest absolute Gasteiger partial charge is 0.258 e. The number of anilines is 2. The van der Waals surface area contributed by atoms with Gasteiger partial charge in [-0.2, -0.15) is 0 Å². The predicted octanol–water partition coefficient (Wildman–Crippen LogP) is 3.45. The van der Waals surface area contributed by atoms with Gasteiger partial charge in [0.1, 0.15) is 0 Å². The third-order valence-corrected chi connectivity index (χ3v) is 3.17. The summed E-state index contributed by atoms with van der Waals surface area (Å²) in [6.07, 6.45) is 0. The number of aryl methyl sites for hydroxylation is 3. The van der Waals surface area contributed by atoms with E-state index in [-0.39, 0.29) is 5.91 Å². The van der Waals surface area contributed by atoms with Crippen molar-refractivity contribution in [3.8, 4) is 0 Å². The van der Waals surface area contributed by atoms with Gasteiger partial charge in [-0.05, 0) is 49.6 Å².